The molecular weight excluding hydrogens is 273 g/mol. The average Bonchev–Trinajstić information content (AvgIpc) is 2.46. The third-order valence-corrected chi connectivity index (χ3v) is 3.12. The molecule has 0 aliphatic rings. The third-order valence-electron chi connectivity index (χ3n) is 3.12. The van der Waals surface area contributed by atoms with E-state index in [9.17, 15) is 14.0 Å². The molecule has 0 saturated heterocycles. The van der Waals surface area contributed by atoms with Crippen LogP contribution in [0.1, 0.15) is 20.8 Å². The Morgan fingerprint density at radius 3 is 2.52 bits per heavy atom. The van der Waals surface area contributed by atoms with Gasteiger partial charge in [-0.15, -0.1) is 0 Å². The van der Waals surface area contributed by atoms with Crippen LogP contribution >= 0.6 is 0 Å². The van der Waals surface area contributed by atoms with Gasteiger partial charge in [-0.05, 0) is 39.0 Å². The van der Waals surface area contributed by atoms with E-state index in [-0.39, 0.29) is 18.4 Å². The minimum Gasteiger partial charge on any atom is -0.342 e. The van der Waals surface area contributed by atoms with Gasteiger partial charge in [-0.25, -0.2) is 4.39 Å². The second-order valence-electron chi connectivity index (χ2n) is 4.67. The van der Waals surface area contributed by atoms with Crippen LogP contribution in [0.15, 0.2) is 24.3 Å². The molecule has 1 unspecified atom stereocenters. The number of halogens is 1. The van der Waals surface area contributed by atoms with Crippen molar-refractivity contribution in [2.45, 2.75) is 26.8 Å². The normalized spacial score (nSPS) is 11.8. The van der Waals surface area contributed by atoms with Crippen molar-refractivity contribution >= 4 is 17.5 Å². The van der Waals surface area contributed by atoms with Crippen molar-refractivity contribution in [1.82, 2.24) is 10.2 Å². The summed E-state index contributed by atoms with van der Waals surface area (Å²) in [6, 6.07) is 5.22. The maximum atomic E-state index is 13.0. The molecule has 0 bridgehead atoms. The van der Waals surface area contributed by atoms with E-state index in [2.05, 4.69) is 10.6 Å². The largest absolute Gasteiger partial charge is 0.342 e. The first kappa shape index (κ1) is 17.1. The number of benzene rings is 1. The average molecular weight is 295 g/mol. The zero-order chi connectivity index (χ0) is 15.8. The lowest BCUT2D eigenvalue weighted by Gasteiger charge is -2.23. The Bertz CT molecular complexity index is 490. The lowest BCUT2D eigenvalue weighted by atomic mass is 10.2. The quantitative estimate of drug-likeness (QED) is 0.803. The number of carbonyl (C=O) groups excluding carboxylic acids is 2. The van der Waals surface area contributed by atoms with Crippen LogP contribution in [0.2, 0.25) is 0 Å². The van der Waals surface area contributed by atoms with Crippen molar-refractivity contribution in [3.63, 3.8) is 0 Å². The molecule has 21 heavy (non-hydrogen) atoms. The van der Waals surface area contributed by atoms with Gasteiger partial charge in [0.05, 0.1) is 12.6 Å². The summed E-state index contributed by atoms with van der Waals surface area (Å²) in [7, 11) is 0. The number of hydrogen-bond acceptors (Lipinski definition) is 3. The van der Waals surface area contributed by atoms with Crippen molar-refractivity contribution in [1.29, 1.82) is 0 Å². The van der Waals surface area contributed by atoms with E-state index in [0.29, 0.717) is 18.8 Å². The van der Waals surface area contributed by atoms with E-state index in [4.69, 9.17) is 0 Å². The number of amides is 2. The summed E-state index contributed by atoms with van der Waals surface area (Å²) in [4.78, 5) is 25.4. The standard InChI is InChI=1S/C15H22FN3O2/c1-4-19(5-2)15(21)11(3)17-10-14(20)18-13-8-6-7-12(16)9-13/h6-9,11,17H,4-5,10H2,1-3H3,(H,18,20). The Morgan fingerprint density at radius 1 is 1.29 bits per heavy atom. The van der Waals surface area contributed by atoms with Gasteiger partial charge in [0.2, 0.25) is 11.8 Å². The maximum absolute atomic E-state index is 13.0. The molecule has 2 N–H and O–H groups in total. The Balaban J connectivity index is 2.44. The fourth-order valence-corrected chi connectivity index (χ4v) is 1.91. The van der Waals surface area contributed by atoms with Gasteiger partial charge in [-0.2, -0.15) is 0 Å². The highest BCUT2D eigenvalue weighted by Gasteiger charge is 2.18. The molecule has 0 heterocycles. The molecule has 1 aromatic rings. The Labute approximate surface area is 124 Å². The van der Waals surface area contributed by atoms with Crippen LogP contribution in [0.5, 0.6) is 0 Å². The van der Waals surface area contributed by atoms with Crippen molar-refractivity contribution in [3.8, 4) is 0 Å². The number of nitrogens with one attached hydrogen (secondary N) is 2. The highest BCUT2D eigenvalue weighted by atomic mass is 19.1. The van der Waals surface area contributed by atoms with Gasteiger partial charge in [-0.3, -0.25) is 14.9 Å². The van der Waals surface area contributed by atoms with Crippen LogP contribution in [-0.4, -0.2) is 42.4 Å². The number of hydrogen-bond donors (Lipinski definition) is 2. The first-order valence-corrected chi connectivity index (χ1v) is 7.05. The Hall–Kier alpha value is -1.95. The van der Waals surface area contributed by atoms with Gasteiger partial charge < -0.3 is 10.2 Å². The van der Waals surface area contributed by atoms with Gasteiger partial charge >= 0.3 is 0 Å². The molecule has 1 aromatic carbocycles. The van der Waals surface area contributed by atoms with Crippen LogP contribution in [0.3, 0.4) is 0 Å². The maximum Gasteiger partial charge on any atom is 0.239 e. The van der Waals surface area contributed by atoms with E-state index in [1.54, 1.807) is 17.9 Å². The van der Waals surface area contributed by atoms with Gasteiger partial charge in [0.1, 0.15) is 5.82 Å². The fourth-order valence-electron chi connectivity index (χ4n) is 1.91. The van der Waals surface area contributed by atoms with Crippen LogP contribution in [0.25, 0.3) is 0 Å². The molecule has 5 nitrogen and oxygen atoms in total. The van der Waals surface area contributed by atoms with Gasteiger partial charge in [0.15, 0.2) is 0 Å². The van der Waals surface area contributed by atoms with Gasteiger partial charge in [-0.1, -0.05) is 6.07 Å². The number of nitrogens with zero attached hydrogens (tertiary/aromatic N) is 1. The zero-order valence-electron chi connectivity index (χ0n) is 12.6. The summed E-state index contributed by atoms with van der Waals surface area (Å²) < 4.78 is 13.0. The summed E-state index contributed by atoms with van der Waals surface area (Å²) in [6.45, 7) is 6.80. The van der Waals surface area contributed by atoms with Crippen LogP contribution < -0.4 is 10.6 Å². The molecule has 0 aliphatic carbocycles. The van der Waals surface area contributed by atoms with Crippen LogP contribution in [0.4, 0.5) is 10.1 Å². The molecule has 1 atom stereocenters. The van der Waals surface area contributed by atoms with Crippen LogP contribution in [-0.2, 0) is 9.59 Å². The molecule has 116 valence electrons. The second-order valence-corrected chi connectivity index (χ2v) is 4.67. The molecule has 2 amide bonds. The van der Waals surface area contributed by atoms with Gasteiger partial charge in [0, 0.05) is 18.8 Å². The smallest absolute Gasteiger partial charge is 0.239 e. The highest BCUT2D eigenvalue weighted by molar-refractivity contribution is 5.92. The molecule has 0 radical (unpaired) electrons. The Kier molecular flexibility index (Phi) is 6.81. The minimum absolute atomic E-state index is 0.00924. The number of likely N-dealkylation sites (N-methyl/N-ethyl adjacent to an activating group) is 1. The fraction of sp³-hybridized carbons (Fsp3) is 0.467. The summed E-state index contributed by atoms with van der Waals surface area (Å²) in [5, 5.41) is 5.44. The second kappa shape index (κ2) is 8.36. The van der Waals surface area contributed by atoms with E-state index >= 15 is 0 Å². The number of carbonyl (C=O) groups is 2. The molecule has 0 spiro atoms. The first-order chi connectivity index (χ1) is 9.97. The molecule has 0 aromatic heterocycles. The minimum atomic E-state index is -0.442. The van der Waals surface area contributed by atoms with Gasteiger partial charge in [0.25, 0.3) is 0 Å². The molecule has 6 heteroatoms. The van der Waals surface area contributed by atoms with E-state index in [1.807, 2.05) is 13.8 Å². The lowest BCUT2D eigenvalue weighted by molar-refractivity contribution is -0.132. The molecule has 0 fully saturated rings. The summed E-state index contributed by atoms with van der Waals surface area (Å²) in [6.07, 6.45) is 0. The van der Waals surface area contributed by atoms with E-state index in [0.717, 1.165) is 0 Å². The van der Waals surface area contributed by atoms with Crippen molar-refractivity contribution in [2.75, 3.05) is 25.0 Å². The summed E-state index contributed by atoms with van der Waals surface area (Å²) >= 11 is 0. The topological polar surface area (TPSA) is 61.4 Å². The van der Waals surface area contributed by atoms with E-state index in [1.165, 1.54) is 18.2 Å². The summed E-state index contributed by atoms with van der Waals surface area (Å²) in [5.74, 6) is -0.774. The number of anilines is 1. The first-order valence-electron chi connectivity index (χ1n) is 7.05. The highest BCUT2D eigenvalue weighted by Crippen LogP contribution is 2.08. The zero-order valence-corrected chi connectivity index (χ0v) is 12.6. The van der Waals surface area contributed by atoms with Crippen LogP contribution in [0, 0.1) is 5.82 Å². The molecular formula is C15H22FN3O2. The SMILES string of the molecule is CCN(CC)C(=O)C(C)NCC(=O)Nc1cccc(F)c1. The predicted octanol–water partition coefficient (Wildman–Crippen LogP) is 1.61. The molecule has 1 rings (SSSR count). The monoisotopic (exact) mass is 295 g/mol. The molecule has 0 aliphatic heterocycles. The lowest BCUT2D eigenvalue weighted by Crippen LogP contribution is -2.46. The van der Waals surface area contributed by atoms with Crippen molar-refractivity contribution in [2.24, 2.45) is 0 Å². The Morgan fingerprint density at radius 2 is 1.95 bits per heavy atom. The third kappa shape index (κ3) is 5.51. The van der Waals surface area contributed by atoms with Crippen molar-refractivity contribution < 1.29 is 14.0 Å². The number of rotatable bonds is 7. The van der Waals surface area contributed by atoms with E-state index < -0.39 is 11.9 Å². The summed E-state index contributed by atoms with van der Waals surface area (Å²) in [5.41, 5.74) is 0.393. The van der Waals surface area contributed by atoms with Crippen molar-refractivity contribution in [3.05, 3.63) is 30.1 Å². The predicted molar refractivity (Wildman–Crippen MR) is 80.4 cm³/mol. The molecule has 0 saturated carbocycles.